The fraction of sp³-hybridized carbons (Fsp3) is 0.263. The van der Waals surface area contributed by atoms with Crippen LogP contribution in [0.15, 0.2) is 52.1 Å². The molecule has 3 rings (SSSR count). The molecule has 1 N–H and O–H groups in total. The van der Waals surface area contributed by atoms with Crippen molar-refractivity contribution < 1.29 is 27.2 Å². The van der Waals surface area contributed by atoms with Gasteiger partial charge in [0.05, 0.1) is 19.3 Å². The molecule has 0 spiro atoms. The topological polar surface area (TPSA) is 134 Å². The summed E-state index contributed by atoms with van der Waals surface area (Å²) in [6.45, 7) is 0.101. The SMILES string of the molecule is CNS(=O)(=O)c1cc(C(=O)OCCCc2nc(-c3cccnc3)no2)ccc1OC. The highest BCUT2D eigenvalue weighted by Crippen LogP contribution is 2.25. The Balaban J connectivity index is 1.56. The first-order chi connectivity index (χ1) is 14.4. The van der Waals surface area contributed by atoms with Crippen molar-refractivity contribution in [1.29, 1.82) is 0 Å². The number of sulfonamides is 1. The van der Waals surface area contributed by atoms with E-state index in [9.17, 15) is 13.2 Å². The zero-order valence-electron chi connectivity index (χ0n) is 16.4. The van der Waals surface area contributed by atoms with Gasteiger partial charge in [-0.05, 0) is 43.8 Å². The molecule has 30 heavy (non-hydrogen) atoms. The fourth-order valence-corrected chi connectivity index (χ4v) is 3.48. The monoisotopic (exact) mass is 432 g/mol. The third-order valence-electron chi connectivity index (χ3n) is 4.11. The fourth-order valence-electron chi connectivity index (χ4n) is 2.56. The summed E-state index contributed by atoms with van der Waals surface area (Å²) in [6.07, 6.45) is 4.16. The van der Waals surface area contributed by atoms with Gasteiger partial charge < -0.3 is 14.0 Å². The van der Waals surface area contributed by atoms with Crippen LogP contribution < -0.4 is 9.46 Å². The molecule has 0 radical (unpaired) electrons. The molecule has 2 heterocycles. The molecule has 0 aliphatic rings. The van der Waals surface area contributed by atoms with Crippen molar-refractivity contribution in [2.45, 2.75) is 17.7 Å². The van der Waals surface area contributed by atoms with Crippen LogP contribution in [0.3, 0.4) is 0 Å². The predicted molar refractivity (Wildman–Crippen MR) is 105 cm³/mol. The zero-order chi connectivity index (χ0) is 21.6. The molecule has 0 bridgehead atoms. The van der Waals surface area contributed by atoms with Crippen LogP contribution in [0.4, 0.5) is 0 Å². The lowest BCUT2D eigenvalue weighted by Crippen LogP contribution is -2.20. The van der Waals surface area contributed by atoms with Gasteiger partial charge in [0.25, 0.3) is 0 Å². The first kappa shape index (κ1) is 21.4. The number of esters is 1. The van der Waals surface area contributed by atoms with Crippen LogP contribution in [0.5, 0.6) is 5.75 Å². The van der Waals surface area contributed by atoms with E-state index in [1.807, 2.05) is 6.07 Å². The van der Waals surface area contributed by atoms with Crippen LogP contribution in [0.2, 0.25) is 0 Å². The van der Waals surface area contributed by atoms with Crippen LogP contribution in [0.1, 0.15) is 22.7 Å². The molecule has 11 heteroatoms. The second-order valence-electron chi connectivity index (χ2n) is 6.07. The molecule has 0 saturated carbocycles. The summed E-state index contributed by atoms with van der Waals surface area (Å²) in [5.41, 5.74) is 0.840. The number of rotatable bonds is 9. The van der Waals surface area contributed by atoms with Crippen LogP contribution in [-0.2, 0) is 21.2 Å². The third-order valence-corrected chi connectivity index (χ3v) is 5.55. The minimum absolute atomic E-state index is 0.0984. The van der Waals surface area contributed by atoms with Gasteiger partial charge in [-0.2, -0.15) is 4.98 Å². The number of aromatic nitrogens is 3. The molecular formula is C19H20N4O6S. The normalized spacial score (nSPS) is 11.3. The molecule has 3 aromatic rings. The van der Waals surface area contributed by atoms with Crippen LogP contribution >= 0.6 is 0 Å². The summed E-state index contributed by atoms with van der Waals surface area (Å²) < 4.78 is 41.9. The van der Waals surface area contributed by atoms with Crippen LogP contribution in [-0.4, -0.2) is 50.3 Å². The maximum Gasteiger partial charge on any atom is 0.338 e. The Kier molecular flexibility index (Phi) is 6.75. The molecule has 0 unspecified atom stereocenters. The van der Waals surface area contributed by atoms with Crippen molar-refractivity contribution in [3.05, 3.63) is 54.2 Å². The smallest absolute Gasteiger partial charge is 0.338 e. The lowest BCUT2D eigenvalue weighted by Gasteiger charge is -2.10. The summed E-state index contributed by atoms with van der Waals surface area (Å²) >= 11 is 0. The van der Waals surface area contributed by atoms with Crippen molar-refractivity contribution in [2.75, 3.05) is 20.8 Å². The van der Waals surface area contributed by atoms with Crippen molar-refractivity contribution in [2.24, 2.45) is 0 Å². The summed E-state index contributed by atoms with van der Waals surface area (Å²) in [7, 11) is -1.17. The molecular weight excluding hydrogens is 412 g/mol. The number of nitrogens with zero attached hydrogens (tertiary/aromatic N) is 3. The lowest BCUT2D eigenvalue weighted by atomic mass is 10.2. The summed E-state index contributed by atoms with van der Waals surface area (Å²) in [5, 5.41) is 3.90. The quantitative estimate of drug-likeness (QED) is 0.397. The summed E-state index contributed by atoms with van der Waals surface area (Å²) in [4.78, 5) is 20.4. The average molecular weight is 432 g/mol. The average Bonchev–Trinajstić information content (AvgIpc) is 3.25. The van der Waals surface area contributed by atoms with Gasteiger partial charge in [-0.3, -0.25) is 4.98 Å². The first-order valence-corrected chi connectivity index (χ1v) is 10.4. The van der Waals surface area contributed by atoms with Gasteiger partial charge in [0, 0.05) is 24.4 Å². The second kappa shape index (κ2) is 9.46. The minimum atomic E-state index is -3.79. The van der Waals surface area contributed by atoms with Gasteiger partial charge in [0.15, 0.2) is 0 Å². The molecule has 158 valence electrons. The van der Waals surface area contributed by atoms with E-state index in [0.29, 0.717) is 24.6 Å². The summed E-state index contributed by atoms with van der Waals surface area (Å²) in [5.74, 6) is 0.330. The van der Waals surface area contributed by atoms with Crippen LogP contribution in [0.25, 0.3) is 11.4 Å². The number of hydrogen-bond acceptors (Lipinski definition) is 9. The van der Waals surface area contributed by atoms with E-state index in [1.165, 1.54) is 32.4 Å². The number of pyridine rings is 1. The highest BCUT2D eigenvalue weighted by molar-refractivity contribution is 7.89. The number of aryl methyl sites for hydroxylation is 1. The highest BCUT2D eigenvalue weighted by atomic mass is 32.2. The summed E-state index contributed by atoms with van der Waals surface area (Å²) in [6, 6.07) is 7.65. The largest absolute Gasteiger partial charge is 0.495 e. The minimum Gasteiger partial charge on any atom is -0.495 e. The van der Waals surface area contributed by atoms with Gasteiger partial charge in [-0.1, -0.05) is 5.16 Å². The van der Waals surface area contributed by atoms with Crippen LogP contribution in [0, 0.1) is 0 Å². The Hall–Kier alpha value is -3.31. The molecule has 1 aromatic carbocycles. The van der Waals surface area contributed by atoms with Crippen molar-refractivity contribution in [3.63, 3.8) is 0 Å². The van der Waals surface area contributed by atoms with Crippen molar-refractivity contribution in [1.82, 2.24) is 19.8 Å². The molecule has 0 fully saturated rings. The molecule has 0 atom stereocenters. The number of hydrogen-bond donors (Lipinski definition) is 1. The molecule has 2 aromatic heterocycles. The number of ether oxygens (including phenoxy) is 2. The zero-order valence-corrected chi connectivity index (χ0v) is 17.2. The Bertz CT molecular complexity index is 1120. The first-order valence-electron chi connectivity index (χ1n) is 8.96. The number of methoxy groups -OCH3 is 1. The molecule has 0 aliphatic carbocycles. The van der Waals surface area contributed by atoms with E-state index in [-0.39, 0.29) is 22.8 Å². The van der Waals surface area contributed by atoms with Gasteiger partial charge in [0.2, 0.25) is 21.7 Å². The van der Waals surface area contributed by atoms with Crippen molar-refractivity contribution in [3.8, 4) is 17.1 Å². The van der Waals surface area contributed by atoms with E-state index >= 15 is 0 Å². The lowest BCUT2D eigenvalue weighted by molar-refractivity contribution is 0.0498. The van der Waals surface area contributed by atoms with E-state index < -0.39 is 16.0 Å². The predicted octanol–water partition coefficient (Wildman–Crippen LogP) is 1.84. The van der Waals surface area contributed by atoms with Gasteiger partial charge >= 0.3 is 5.97 Å². The van der Waals surface area contributed by atoms with Gasteiger partial charge in [-0.15, -0.1) is 0 Å². The number of benzene rings is 1. The van der Waals surface area contributed by atoms with Gasteiger partial charge in [-0.25, -0.2) is 17.9 Å². The molecule has 10 nitrogen and oxygen atoms in total. The van der Waals surface area contributed by atoms with E-state index in [2.05, 4.69) is 19.8 Å². The van der Waals surface area contributed by atoms with E-state index in [4.69, 9.17) is 14.0 Å². The maximum atomic E-state index is 12.3. The second-order valence-corrected chi connectivity index (χ2v) is 7.92. The van der Waals surface area contributed by atoms with Gasteiger partial charge in [0.1, 0.15) is 10.6 Å². The maximum absolute atomic E-state index is 12.3. The molecule has 0 aliphatic heterocycles. The Morgan fingerprint density at radius 1 is 1.27 bits per heavy atom. The third kappa shape index (κ3) is 4.99. The van der Waals surface area contributed by atoms with Crippen molar-refractivity contribution >= 4 is 16.0 Å². The highest BCUT2D eigenvalue weighted by Gasteiger charge is 2.20. The molecule has 0 saturated heterocycles. The Labute approximate surface area is 173 Å². The van der Waals surface area contributed by atoms with E-state index in [1.54, 1.807) is 18.5 Å². The standard InChI is InChI=1S/C19H20N4O6S/c1-20-30(25,26)16-11-13(7-8-15(16)27-2)19(24)28-10-4-6-17-22-18(23-29-17)14-5-3-9-21-12-14/h3,5,7-9,11-12,20H,4,6,10H2,1-2H3. The van der Waals surface area contributed by atoms with E-state index in [0.717, 1.165) is 5.56 Å². The number of carbonyl (C=O) groups is 1. The Morgan fingerprint density at radius 2 is 2.10 bits per heavy atom. The Morgan fingerprint density at radius 3 is 2.80 bits per heavy atom. The molecule has 0 amide bonds. The number of carbonyl (C=O) groups excluding carboxylic acids is 1. The number of nitrogens with one attached hydrogen (secondary N) is 1.